The molecule has 11 nitrogen and oxygen atoms in total. The van der Waals surface area contributed by atoms with Crippen LogP contribution in [0.25, 0.3) is 15.6 Å². The molecule has 0 radical (unpaired) electrons. The molecule has 3 atom stereocenters. The highest BCUT2D eigenvalue weighted by Crippen LogP contribution is 2.36. The number of piperazine rings is 1. The number of likely N-dealkylation sites (N-methyl/N-ethyl adjacent to an activating group) is 1. The third-order valence-corrected chi connectivity index (χ3v) is 9.73. The lowest BCUT2D eigenvalue weighted by atomic mass is 9.99. The van der Waals surface area contributed by atoms with Gasteiger partial charge in [-0.3, -0.25) is 9.69 Å². The van der Waals surface area contributed by atoms with Crippen molar-refractivity contribution in [1.29, 1.82) is 0 Å². The maximum Gasteiger partial charge on any atom is 0.318 e. The second-order valence-corrected chi connectivity index (χ2v) is 12.7. The third kappa shape index (κ3) is 7.05. The normalized spacial score (nSPS) is 21.8. The summed E-state index contributed by atoms with van der Waals surface area (Å²) in [7, 11) is 5.45. The third-order valence-electron chi connectivity index (χ3n) is 9.73. The fourth-order valence-electron chi connectivity index (χ4n) is 7.19. The van der Waals surface area contributed by atoms with Crippen molar-refractivity contribution in [3.8, 4) is 6.01 Å². The maximum atomic E-state index is 13.1. The fraction of sp³-hybridized carbons (Fsp3) is 0.500. The zero-order valence-electron chi connectivity index (χ0n) is 27.9. The predicted molar refractivity (Wildman–Crippen MR) is 183 cm³/mol. The first-order valence-corrected chi connectivity index (χ1v) is 16.4. The van der Waals surface area contributed by atoms with Gasteiger partial charge in [-0.2, -0.15) is 9.97 Å². The molecule has 2 fully saturated rings. The summed E-state index contributed by atoms with van der Waals surface area (Å²) in [6.45, 7) is 14.8. The lowest BCUT2D eigenvalue weighted by Gasteiger charge is -2.41. The molecule has 0 saturated carbocycles. The first-order valence-electron chi connectivity index (χ1n) is 16.4. The molecule has 0 aliphatic carbocycles. The van der Waals surface area contributed by atoms with Crippen molar-refractivity contribution in [2.24, 2.45) is 0 Å². The molecule has 2 saturated heterocycles. The van der Waals surface area contributed by atoms with Crippen LogP contribution in [-0.4, -0.2) is 118 Å². The van der Waals surface area contributed by atoms with Crippen LogP contribution < -0.4 is 14.5 Å². The molecule has 1 aromatic heterocycles. The van der Waals surface area contributed by atoms with Gasteiger partial charge in [0.25, 0.3) is 0 Å². The summed E-state index contributed by atoms with van der Waals surface area (Å²) in [5, 5.41) is 2.49. The van der Waals surface area contributed by atoms with Gasteiger partial charge < -0.3 is 33.8 Å². The van der Waals surface area contributed by atoms with Gasteiger partial charge in [0.15, 0.2) is 0 Å². The van der Waals surface area contributed by atoms with E-state index in [4.69, 9.17) is 30.8 Å². The van der Waals surface area contributed by atoms with E-state index in [9.17, 15) is 4.79 Å². The monoisotopic (exact) mass is 639 g/mol. The lowest BCUT2D eigenvalue weighted by molar-refractivity contribution is -0.128. The first kappa shape index (κ1) is 32.7. The molecular formula is C36H45N7O4. The molecule has 47 heavy (non-hydrogen) atoms. The number of rotatable bonds is 10. The summed E-state index contributed by atoms with van der Waals surface area (Å²) in [4.78, 5) is 35.5. The van der Waals surface area contributed by atoms with E-state index in [2.05, 4.69) is 69.9 Å². The summed E-state index contributed by atoms with van der Waals surface area (Å²) >= 11 is 0. The van der Waals surface area contributed by atoms with Crippen LogP contribution >= 0.6 is 0 Å². The van der Waals surface area contributed by atoms with Crippen molar-refractivity contribution in [2.45, 2.75) is 44.5 Å². The Kier molecular flexibility index (Phi) is 10.2. The molecule has 3 aliphatic rings. The number of anilines is 2. The Morgan fingerprint density at radius 3 is 2.66 bits per heavy atom. The molecule has 0 unspecified atom stereocenters. The highest BCUT2D eigenvalue weighted by molar-refractivity contribution is 5.97. The molecule has 4 heterocycles. The number of aryl methyl sites for hydroxylation is 1. The van der Waals surface area contributed by atoms with Crippen LogP contribution in [-0.2, 0) is 27.2 Å². The number of ether oxygens (including phenoxy) is 3. The molecule has 3 aliphatic heterocycles. The zero-order chi connectivity index (χ0) is 32.9. The summed E-state index contributed by atoms with van der Waals surface area (Å²) in [5.74, 6) is 0.755. The van der Waals surface area contributed by atoms with Crippen molar-refractivity contribution in [3.05, 3.63) is 76.8 Å². The minimum Gasteiger partial charge on any atom is -0.462 e. The number of hydrogen-bond donors (Lipinski definition) is 0. The number of nitrogens with zero attached hydrogens (tertiary/aromatic N) is 7. The van der Waals surface area contributed by atoms with Crippen LogP contribution in [0.3, 0.4) is 0 Å². The van der Waals surface area contributed by atoms with E-state index >= 15 is 0 Å². The number of methoxy groups -OCH3 is 2. The number of fused-ring (bicyclic) bond motifs is 2. The summed E-state index contributed by atoms with van der Waals surface area (Å²) in [5.41, 5.74) is 4.53. The molecule has 2 aromatic carbocycles. The first-order chi connectivity index (χ1) is 22.9. The summed E-state index contributed by atoms with van der Waals surface area (Å²) in [6.07, 6.45) is 5.13. The number of carbonyl (C=O) groups excluding carboxylic acids is 1. The average Bonchev–Trinajstić information content (AvgIpc) is 3.46. The van der Waals surface area contributed by atoms with Gasteiger partial charge in [-0.1, -0.05) is 36.4 Å². The Balaban J connectivity index is 1.31. The fourth-order valence-corrected chi connectivity index (χ4v) is 7.19. The highest BCUT2D eigenvalue weighted by atomic mass is 16.5. The highest BCUT2D eigenvalue weighted by Gasteiger charge is 2.35. The Morgan fingerprint density at radius 1 is 1.06 bits per heavy atom. The maximum absolute atomic E-state index is 13.1. The van der Waals surface area contributed by atoms with E-state index < -0.39 is 0 Å². The molecule has 0 N–H and O–H groups in total. The number of amides is 1. The van der Waals surface area contributed by atoms with Crippen LogP contribution in [0.5, 0.6) is 6.01 Å². The van der Waals surface area contributed by atoms with Crippen molar-refractivity contribution in [3.63, 3.8) is 0 Å². The molecule has 3 aromatic rings. The number of likely N-dealkylation sites (tertiary alicyclic amines) is 1. The minimum absolute atomic E-state index is 0.0971. The Hall–Kier alpha value is -4.24. The van der Waals surface area contributed by atoms with E-state index in [-0.39, 0.29) is 30.6 Å². The Bertz CT molecular complexity index is 1650. The van der Waals surface area contributed by atoms with Crippen molar-refractivity contribution < 1.29 is 19.0 Å². The second-order valence-electron chi connectivity index (χ2n) is 12.7. The van der Waals surface area contributed by atoms with E-state index in [1.54, 1.807) is 31.3 Å². The summed E-state index contributed by atoms with van der Waals surface area (Å²) in [6, 6.07) is 13.3. The Labute approximate surface area is 277 Å². The molecule has 0 bridgehead atoms. The van der Waals surface area contributed by atoms with Crippen LogP contribution in [0.4, 0.5) is 11.5 Å². The molecule has 11 heteroatoms. The van der Waals surface area contributed by atoms with Crippen molar-refractivity contribution in [1.82, 2.24) is 19.8 Å². The van der Waals surface area contributed by atoms with Gasteiger partial charge in [0.05, 0.1) is 24.9 Å². The van der Waals surface area contributed by atoms with Gasteiger partial charge in [0, 0.05) is 75.7 Å². The SMILES string of the molecule is [C-]#[N+]C[C@H]1CN(c2nc(OC[C@H]3C[C@@H](OC)CN3C)nc3c2CCN(c2cccc4cccc(C)c24)C3)CCN1C(=O)/C=C/COC. The lowest BCUT2D eigenvalue weighted by Crippen LogP contribution is -2.56. The average molecular weight is 640 g/mol. The van der Waals surface area contributed by atoms with Gasteiger partial charge >= 0.3 is 6.01 Å². The number of benzene rings is 2. The van der Waals surface area contributed by atoms with E-state index in [1.165, 1.54) is 22.0 Å². The summed E-state index contributed by atoms with van der Waals surface area (Å²) < 4.78 is 17.1. The van der Waals surface area contributed by atoms with Crippen LogP contribution in [0, 0.1) is 13.5 Å². The number of aromatic nitrogens is 2. The molecule has 0 spiro atoms. The second kappa shape index (κ2) is 14.7. The van der Waals surface area contributed by atoms with E-state index in [0.29, 0.717) is 45.4 Å². The van der Waals surface area contributed by atoms with Gasteiger partial charge in [-0.25, -0.2) is 6.57 Å². The number of hydrogen-bond acceptors (Lipinski definition) is 9. The topological polar surface area (TPSA) is 87.9 Å². The van der Waals surface area contributed by atoms with Gasteiger partial charge in [0.2, 0.25) is 12.5 Å². The van der Waals surface area contributed by atoms with E-state index in [0.717, 1.165) is 43.0 Å². The van der Waals surface area contributed by atoms with Gasteiger partial charge in [0.1, 0.15) is 18.5 Å². The standard InChI is InChI=1S/C36H45N7O4/c1-25-9-6-10-26-11-7-12-32(34(25)26)41-15-14-30-31(23-41)38-36(47-24-27-19-29(46-5)22-40(27)3)39-35(30)42-16-17-43(28(21-42)20-37-2)33(44)13-8-18-45-4/h6-13,27-29H,14-24H2,1,3-5H3/b13-8+/t27-,28+,29-/m1/s1. The molecule has 1 amide bonds. The largest absolute Gasteiger partial charge is 0.462 e. The zero-order valence-corrected chi connectivity index (χ0v) is 27.9. The predicted octanol–water partition coefficient (Wildman–Crippen LogP) is 3.74. The minimum atomic E-state index is -0.257. The quantitative estimate of drug-likeness (QED) is 0.243. The smallest absolute Gasteiger partial charge is 0.318 e. The van der Waals surface area contributed by atoms with Crippen LogP contribution in [0.1, 0.15) is 23.2 Å². The number of carbonyl (C=O) groups is 1. The van der Waals surface area contributed by atoms with Gasteiger partial charge in [-0.15, -0.1) is 0 Å². The molecular weight excluding hydrogens is 594 g/mol. The molecule has 248 valence electrons. The van der Waals surface area contributed by atoms with E-state index in [1.807, 2.05) is 0 Å². The van der Waals surface area contributed by atoms with Crippen molar-refractivity contribution >= 4 is 28.2 Å². The Morgan fingerprint density at radius 2 is 1.89 bits per heavy atom. The van der Waals surface area contributed by atoms with Crippen molar-refractivity contribution in [2.75, 3.05) is 83.5 Å². The molecule has 6 rings (SSSR count). The van der Waals surface area contributed by atoms with Crippen LogP contribution in [0.15, 0.2) is 48.6 Å². The van der Waals surface area contributed by atoms with Crippen LogP contribution in [0.2, 0.25) is 0 Å². The van der Waals surface area contributed by atoms with Gasteiger partial charge in [-0.05, 0) is 43.8 Å².